The highest BCUT2D eigenvalue weighted by Gasteiger charge is 2.18. The molecule has 8 aromatic carbocycles. The number of thiophene rings is 1. The monoisotopic (exact) mass is 770 g/mol. The smallest absolute Gasteiger partial charge is 0.164 e. The van der Waals surface area contributed by atoms with E-state index >= 15 is 0 Å². The zero-order valence-electron chi connectivity index (χ0n) is 31.8. The molecule has 4 nitrogen and oxygen atoms in total. The van der Waals surface area contributed by atoms with Crippen LogP contribution in [0.1, 0.15) is 0 Å². The topological polar surface area (TPSA) is 51.6 Å². The van der Waals surface area contributed by atoms with E-state index in [1.165, 1.54) is 36.7 Å². The van der Waals surface area contributed by atoms with Gasteiger partial charge in [0.15, 0.2) is 17.5 Å². The second kappa shape index (κ2) is 14.7. The van der Waals surface area contributed by atoms with Crippen molar-refractivity contribution in [1.82, 2.24) is 19.9 Å². The van der Waals surface area contributed by atoms with E-state index in [2.05, 4.69) is 170 Å². The lowest BCUT2D eigenvalue weighted by Crippen LogP contribution is -2.00. The first-order valence-corrected chi connectivity index (χ1v) is 20.5. The molecule has 11 rings (SSSR count). The fourth-order valence-corrected chi connectivity index (χ4v) is 9.14. The summed E-state index contributed by atoms with van der Waals surface area (Å²) < 4.78 is 2.54. The predicted octanol–water partition coefficient (Wildman–Crippen LogP) is 14.5. The van der Waals surface area contributed by atoms with E-state index in [0.717, 1.165) is 55.7 Å². The first-order chi connectivity index (χ1) is 29.2. The van der Waals surface area contributed by atoms with E-state index in [9.17, 15) is 0 Å². The van der Waals surface area contributed by atoms with Crippen LogP contribution >= 0.6 is 11.3 Å². The van der Waals surface area contributed by atoms with E-state index in [4.69, 9.17) is 19.9 Å². The number of nitrogens with zero attached hydrogens (tertiary/aromatic N) is 4. The number of hydrogen-bond donors (Lipinski definition) is 0. The normalized spacial score (nSPS) is 11.4. The average molecular weight is 771 g/mol. The van der Waals surface area contributed by atoms with Crippen LogP contribution in [0, 0.1) is 0 Å². The number of rotatable bonds is 7. The van der Waals surface area contributed by atoms with Crippen LogP contribution in [0.25, 0.3) is 110 Å². The van der Waals surface area contributed by atoms with Crippen molar-refractivity contribution in [2.75, 3.05) is 0 Å². The third-order valence-electron chi connectivity index (χ3n) is 11.0. The van der Waals surface area contributed by atoms with E-state index in [-0.39, 0.29) is 0 Å². The van der Waals surface area contributed by atoms with Crippen LogP contribution in [0.4, 0.5) is 0 Å². The van der Waals surface area contributed by atoms with Gasteiger partial charge in [-0.25, -0.2) is 19.9 Å². The van der Waals surface area contributed by atoms with Crippen molar-refractivity contribution >= 4 is 42.4 Å². The number of benzene rings is 8. The molecule has 3 heterocycles. The SMILES string of the molecule is c1ccc(-c2ccc(-c3nc(-c4ccccc4)nc(-c4ccc(-c5ccc(-c6nc7cc(-c8ccccc8)ccc7c7sc8ccccc8c67)cc5)cc4)n3)cc2)cc1. The van der Waals surface area contributed by atoms with Gasteiger partial charge in [0.25, 0.3) is 0 Å². The molecule has 0 radical (unpaired) electrons. The maximum atomic E-state index is 5.39. The third-order valence-corrected chi connectivity index (χ3v) is 12.2. The Hall–Kier alpha value is -7.60. The quantitative estimate of drug-likeness (QED) is 0.162. The van der Waals surface area contributed by atoms with Gasteiger partial charge >= 0.3 is 0 Å². The zero-order valence-corrected chi connectivity index (χ0v) is 32.6. The van der Waals surface area contributed by atoms with Gasteiger partial charge in [0.2, 0.25) is 0 Å². The minimum Gasteiger partial charge on any atom is -0.247 e. The molecule has 0 saturated heterocycles. The summed E-state index contributed by atoms with van der Waals surface area (Å²) in [7, 11) is 0. The van der Waals surface area contributed by atoms with Crippen molar-refractivity contribution < 1.29 is 0 Å². The number of pyridine rings is 1. The van der Waals surface area contributed by atoms with E-state index < -0.39 is 0 Å². The second-order valence-corrected chi connectivity index (χ2v) is 15.7. The fraction of sp³-hybridized carbons (Fsp3) is 0. The van der Waals surface area contributed by atoms with Crippen molar-refractivity contribution in [3.05, 3.63) is 206 Å². The molecule has 3 aromatic heterocycles. The molecular weight excluding hydrogens is 737 g/mol. The molecule has 59 heavy (non-hydrogen) atoms. The third kappa shape index (κ3) is 6.54. The van der Waals surface area contributed by atoms with Crippen molar-refractivity contribution in [1.29, 1.82) is 0 Å². The summed E-state index contributed by atoms with van der Waals surface area (Å²) in [5.74, 6) is 1.91. The van der Waals surface area contributed by atoms with Crippen LogP contribution in [-0.4, -0.2) is 19.9 Å². The first kappa shape index (κ1) is 34.6. The lowest BCUT2D eigenvalue weighted by Gasteiger charge is -2.11. The van der Waals surface area contributed by atoms with Gasteiger partial charge in [0.05, 0.1) is 11.2 Å². The molecule has 0 atom stereocenters. The molecule has 0 aliphatic carbocycles. The summed E-state index contributed by atoms with van der Waals surface area (Å²) in [5.41, 5.74) is 12.8. The first-order valence-electron chi connectivity index (χ1n) is 19.7. The highest BCUT2D eigenvalue weighted by molar-refractivity contribution is 7.26. The van der Waals surface area contributed by atoms with Crippen molar-refractivity contribution in [3.8, 4) is 78.8 Å². The fourth-order valence-electron chi connectivity index (χ4n) is 7.91. The van der Waals surface area contributed by atoms with Gasteiger partial charge in [0, 0.05) is 47.8 Å². The van der Waals surface area contributed by atoms with Crippen LogP contribution in [0.2, 0.25) is 0 Å². The summed E-state index contributed by atoms with van der Waals surface area (Å²) in [5, 5.41) is 3.63. The lowest BCUT2D eigenvalue weighted by molar-refractivity contribution is 1.07. The Morgan fingerprint density at radius 3 is 1.22 bits per heavy atom. The summed E-state index contributed by atoms with van der Waals surface area (Å²) in [4.78, 5) is 20.3. The molecule has 5 heteroatoms. The highest BCUT2D eigenvalue weighted by atomic mass is 32.1. The zero-order chi connectivity index (χ0) is 39.1. The van der Waals surface area contributed by atoms with Crippen LogP contribution in [0.5, 0.6) is 0 Å². The maximum Gasteiger partial charge on any atom is 0.164 e. The number of aromatic nitrogens is 4. The standard InChI is InChI=1S/C54H34N4S/c1-4-12-35(13-5-1)37-22-28-42(29-23-37)53-56-52(41-16-8-3-9-17-41)57-54(58-53)43-30-24-39(25-31-43)38-20-26-40(27-21-38)50-49-46-18-10-11-19-48(46)59-51(49)45-33-32-44(34-47(45)55-50)36-14-6-2-7-15-36/h1-34H. The van der Waals surface area contributed by atoms with Gasteiger partial charge in [-0.15, -0.1) is 11.3 Å². The van der Waals surface area contributed by atoms with E-state index in [1.54, 1.807) is 0 Å². The molecule has 0 aliphatic rings. The van der Waals surface area contributed by atoms with E-state index in [0.29, 0.717) is 17.5 Å². The van der Waals surface area contributed by atoms with Gasteiger partial charge in [-0.2, -0.15) is 0 Å². The Bertz CT molecular complexity index is 3270. The molecule has 0 fully saturated rings. The van der Waals surface area contributed by atoms with Crippen LogP contribution in [0.15, 0.2) is 206 Å². The second-order valence-electron chi connectivity index (χ2n) is 14.6. The molecule has 0 N–H and O–H groups in total. The molecule has 0 amide bonds. The summed E-state index contributed by atoms with van der Waals surface area (Å²) in [6, 6.07) is 72.1. The van der Waals surface area contributed by atoms with Crippen molar-refractivity contribution in [2.45, 2.75) is 0 Å². The minimum atomic E-state index is 0.632. The maximum absolute atomic E-state index is 5.39. The molecule has 276 valence electrons. The molecule has 0 saturated carbocycles. The number of hydrogen-bond acceptors (Lipinski definition) is 5. The molecule has 0 spiro atoms. The van der Waals surface area contributed by atoms with Gasteiger partial charge in [0.1, 0.15) is 0 Å². The van der Waals surface area contributed by atoms with Gasteiger partial charge < -0.3 is 0 Å². The summed E-state index contributed by atoms with van der Waals surface area (Å²) >= 11 is 1.85. The van der Waals surface area contributed by atoms with Crippen LogP contribution in [-0.2, 0) is 0 Å². The van der Waals surface area contributed by atoms with Gasteiger partial charge in [-0.05, 0) is 45.5 Å². The Balaban J connectivity index is 0.943. The van der Waals surface area contributed by atoms with Crippen molar-refractivity contribution in [3.63, 3.8) is 0 Å². The molecule has 11 aromatic rings. The Labute approximate surface area is 345 Å². The average Bonchev–Trinajstić information content (AvgIpc) is 3.72. The minimum absolute atomic E-state index is 0.632. The van der Waals surface area contributed by atoms with E-state index in [1.807, 2.05) is 47.7 Å². The van der Waals surface area contributed by atoms with Crippen LogP contribution < -0.4 is 0 Å². The predicted molar refractivity (Wildman–Crippen MR) is 246 cm³/mol. The highest BCUT2D eigenvalue weighted by Crippen LogP contribution is 2.43. The molecular formula is C54H34N4S. The summed E-state index contributed by atoms with van der Waals surface area (Å²) in [6.07, 6.45) is 0. The Morgan fingerprint density at radius 2 is 0.678 bits per heavy atom. The molecule has 0 unspecified atom stereocenters. The summed E-state index contributed by atoms with van der Waals surface area (Å²) in [6.45, 7) is 0. The molecule has 0 aliphatic heterocycles. The Morgan fingerprint density at radius 1 is 0.288 bits per heavy atom. The largest absolute Gasteiger partial charge is 0.247 e. The molecule has 0 bridgehead atoms. The van der Waals surface area contributed by atoms with Gasteiger partial charge in [-0.3, -0.25) is 0 Å². The van der Waals surface area contributed by atoms with Gasteiger partial charge in [-0.1, -0.05) is 194 Å². The Kier molecular flexibility index (Phi) is 8.64. The number of fused-ring (bicyclic) bond motifs is 5. The van der Waals surface area contributed by atoms with Crippen molar-refractivity contribution in [2.24, 2.45) is 0 Å². The van der Waals surface area contributed by atoms with Crippen LogP contribution in [0.3, 0.4) is 0 Å². The lowest BCUT2D eigenvalue weighted by atomic mass is 9.98.